The zero-order chi connectivity index (χ0) is 14.7. The number of nitrogens with zero attached hydrogens (tertiary/aromatic N) is 3. The molecule has 0 aliphatic carbocycles. The average Bonchev–Trinajstić information content (AvgIpc) is 2.83. The minimum atomic E-state index is -0.290. The molecule has 6 nitrogen and oxygen atoms in total. The van der Waals surface area contributed by atoms with Crippen LogP contribution in [0.2, 0.25) is 0 Å². The van der Waals surface area contributed by atoms with Gasteiger partial charge in [-0.05, 0) is 18.6 Å². The molecule has 0 saturated carbocycles. The van der Waals surface area contributed by atoms with Crippen LogP contribution in [0.1, 0.15) is 21.5 Å². The maximum absolute atomic E-state index is 11.6. The van der Waals surface area contributed by atoms with Crippen molar-refractivity contribution in [2.75, 3.05) is 5.32 Å². The van der Waals surface area contributed by atoms with Gasteiger partial charge in [-0.2, -0.15) is 15.8 Å². The highest BCUT2D eigenvalue weighted by molar-refractivity contribution is 6.00. The van der Waals surface area contributed by atoms with Gasteiger partial charge < -0.3 is 10.6 Å². The van der Waals surface area contributed by atoms with Crippen LogP contribution in [0.3, 0.4) is 0 Å². The van der Waals surface area contributed by atoms with Crippen LogP contribution in [0.25, 0.3) is 0 Å². The summed E-state index contributed by atoms with van der Waals surface area (Å²) in [6, 6.07) is 8.60. The van der Waals surface area contributed by atoms with E-state index < -0.39 is 0 Å². The van der Waals surface area contributed by atoms with Crippen molar-refractivity contribution in [1.29, 1.82) is 15.8 Å². The van der Waals surface area contributed by atoms with Gasteiger partial charge in [-0.1, -0.05) is 6.07 Å². The fraction of sp³-hybridized carbons (Fsp3) is 0.143. The van der Waals surface area contributed by atoms with Crippen molar-refractivity contribution in [2.24, 2.45) is 0 Å². The number of allylic oxidation sites excluding steroid dienone is 2. The number of nitrogens with one attached hydrogen (secondary N) is 2. The van der Waals surface area contributed by atoms with Crippen LogP contribution in [0.4, 0.5) is 5.69 Å². The topological polar surface area (TPSA) is 112 Å². The first kappa shape index (κ1) is 13.1. The molecule has 2 rings (SSSR count). The van der Waals surface area contributed by atoms with Crippen molar-refractivity contribution in [3.8, 4) is 18.2 Å². The lowest BCUT2D eigenvalue weighted by molar-refractivity contribution is 0.0966. The highest BCUT2D eigenvalue weighted by Crippen LogP contribution is 2.29. The molecule has 0 atom stereocenters. The second kappa shape index (κ2) is 5.14. The van der Waals surface area contributed by atoms with Gasteiger partial charge in [0.1, 0.15) is 23.9 Å². The molecule has 1 heterocycles. The molecule has 0 unspecified atom stereocenters. The fourth-order valence-corrected chi connectivity index (χ4v) is 2.01. The molecule has 96 valence electrons. The largest absolute Gasteiger partial charge is 0.348 e. The highest BCUT2D eigenvalue weighted by Gasteiger charge is 2.23. The molecular weight excluding hydrogens is 254 g/mol. The number of hydrogen-bond acceptors (Lipinski definition) is 5. The molecule has 2 N–H and O–H groups in total. The van der Waals surface area contributed by atoms with Crippen LogP contribution in [-0.2, 0) is 6.54 Å². The van der Waals surface area contributed by atoms with E-state index in [-0.39, 0.29) is 17.2 Å². The van der Waals surface area contributed by atoms with Crippen LogP contribution in [0.15, 0.2) is 23.4 Å². The Morgan fingerprint density at radius 3 is 2.55 bits per heavy atom. The first-order valence-electron chi connectivity index (χ1n) is 5.74. The minimum Gasteiger partial charge on any atom is -0.348 e. The lowest BCUT2D eigenvalue weighted by atomic mass is 10.0. The molecule has 0 radical (unpaired) electrons. The Labute approximate surface area is 115 Å². The van der Waals surface area contributed by atoms with Gasteiger partial charge in [-0.25, -0.2) is 0 Å². The van der Waals surface area contributed by atoms with Crippen molar-refractivity contribution in [1.82, 2.24) is 5.32 Å². The van der Waals surface area contributed by atoms with Crippen molar-refractivity contribution in [3.05, 3.63) is 40.1 Å². The molecule has 0 spiro atoms. The zero-order valence-corrected chi connectivity index (χ0v) is 10.6. The molecule has 1 aliphatic heterocycles. The van der Waals surface area contributed by atoms with Crippen molar-refractivity contribution in [3.63, 3.8) is 0 Å². The predicted molar refractivity (Wildman–Crippen MR) is 69.8 cm³/mol. The van der Waals surface area contributed by atoms with Gasteiger partial charge >= 0.3 is 0 Å². The summed E-state index contributed by atoms with van der Waals surface area (Å²) in [6.45, 7) is 2.17. The zero-order valence-electron chi connectivity index (χ0n) is 10.6. The van der Waals surface area contributed by atoms with E-state index in [2.05, 4.69) is 10.6 Å². The molecule has 1 aliphatic rings. The summed E-state index contributed by atoms with van der Waals surface area (Å²) in [6.07, 6.45) is 0. The van der Waals surface area contributed by atoms with Gasteiger partial charge in [0, 0.05) is 23.4 Å². The van der Waals surface area contributed by atoms with Crippen LogP contribution >= 0.6 is 0 Å². The van der Waals surface area contributed by atoms with Gasteiger partial charge in [0.05, 0.1) is 0 Å². The first-order chi connectivity index (χ1) is 9.62. The third-order valence-electron chi connectivity index (χ3n) is 3.03. The van der Waals surface area contributed by atoms with Gasteiger partial charge in [-0.3, -0.25) is 4.79 Å². The van der Waals surface area contributed by atoms with E-state index >= 15 is 0 Å². The molecule has 20 heavy (non-hydrogen) atoms. The van der Waals surface area contributed by atoms with Crippen LogP contribution in [0.5, 0.6) is 0 Å². The van der Waals surface area contributed by atoms with Crippen LogP contribution < -0.4 is 10.6 Å². The van der Waals surface area contributed by atoms with Crippen molar-refractivity contribution < 1.29 is 4.79 Å². The molecule has 0 fully saturated rings. The van der Waals surface area contributed by atoms with E-state index in [0.717, 1.165) is 11.1 Å². The number of benzene rings is 1. The van der Waals surface area contributed by atoms with Gasteiger partial charge in [0.15, 0.2) is 5.57 Å². The van der Waals surface area contributed by atoms with Gasteiger partial charge in [-0.15, -0.1) is 0 Å². The number of carbonyl (C=O) groups is 1. The third kappa shape index (κ3) is 2.05. The molecule has 1 aromatic carbocycles. The Morgan fingerprint density at radius 1 is 1.25 bits per heavy atom. The second-order valence-corrected chi connectivity index (χ2v) is 4.18. The Kier molecular flexibility index (Phi) is 3.37. The van der Waals surface area contributed by atoms with Crippen molar-refractivity contribution >= 4 is 11.6 Å². The molecule has 0 bridgehead atoms. The standard InChI is InChI=1S/C14H9N5O/c1-8-2-3-10-11(7-18-14(10)20)13(8)19-12(6-17)9(4-15)5-16/h2-3,19H,7H2,1H3,(H,18,20). The van der Waals surface area contributed by atoms with E-state index in [1.54, 1.807) is 30.3 Å². The molecule has 0 aromatic heterocycles. The average molecular weight is 263 g/mol. The number of nitriles is 3. The minimum absolute atomic E-state index is 0.120. The Balaban J connectivity index is 2.55. The Morgan fingerprint density at radius 2 is 1.95 bits per heavy atom. The molecule has 1 aromatic rings. The van der Waals surface area contributed by atoms with E-state index in [1.807, 2.05) is 6.92 Å². The Hall–Kier alpha value is -3.30. The quantitative estimate of drug-likeness (QED) is 0.784. The summed E-state index contributed by atoms with van der Waals surface area (Å²) in [5, 5.41) is 32.2. The third-order valence-corrected chi connectivity index (χ3v) is 3.03. The molecule has 0 saturated heterocycles. The maximum Gasteiger partial charge on any atom is 0.251 e. The fourth-order valence-electron chi connectivity index (χ4n) is 2.01. The highest BCUT2D eigenvalue weighted by atomic mass is 16.1. The normalized spacial score (nSPS) is 11.4. The summed E-state index contributed by atoms with van der Waals surface area (Å²) in [4.78, 5) is 11.6. The SMILES string of the molecule is Cc1ccc2c(c1NC(C#N)=C(C#N)C#N)CNC2=O. The number of carbonyl (C=O) groups excluding carboxylic acids is 1. The maximum atomic E-state index is 11.6. The summed E-state index contributed by atoms with van der Waals surface area (Å²) in [5.74, 6) is -0.175. The summed E-state index contributed by atoms with van der Waals surface area (Å²) < 4.78 is 0. The molecule has 6 heteroatoms. The Bertz CT molecular complexity index is 739. The van der Waals surface area contributed by atoms with E-state index in [1.165, 1.54) is 0 Å². The summed E-state index contributed by atoms with van der Waals surface area (Å²) >= 11 is 0. The van der Waals surface area contributed by atoms with E-state index in [4.69, 9.17) is 15.8 Å². The smallest absolute Gasteiger partial charge is 0.251 e. The monoisotopic (exact) mass is 263 g/mol. The van der Waals surface area contributed by atoms with Gasteiger partial charge in [0.25, 0.3) is 5.91 Å². The number of aryl methyl sites for hydroxylation is 1. The van der Waals surface area contributed by atoms with Crippen molar-refractivity contribution in [2.45, 2.75) is 13.5 Å². The number of hydrogen-bond donors (Lipinski definition) is 2. The lowest BCUT2D eigenvalue weighted by Gasteiger charge is -2.12. The van der Waals surface area contributed by atoms with E-state index in [9.17, 15) is 4.79 Å². The molecular formula is C14H9N5O. The first-order valence-corrected chi connectivity index (χ1v) is 5.74. The van der Waals surface area contributed by atoms with Crippen LogP contribution in [0, 0.1) is 40.9 Å². The van der Waals surface area contributed by atoms with Gasteiger partial charge in [0.2, 0.25) is 0 Å². The molecule has 1 amide bonds. The summed E-state index contributed by atoms with van der Waals surface area (Å²) in [7, 11) is 0. The van der Waals surface area contributed by atoms with E-state index in [0.29, 0.717) is 17.8 Å². The second-order valence-electron chi connectivity index (χ2n) is 4.18. The summed E-state index contributed by atoms with van der Waals surface area (Å²) in [5.41, 5.74) is 2.26. The van der Waals surface area contributed by atoms with Crippen LogP contribution in [-0.4, -0.2) is 5.91 Å². The number of anilines is 1. The number of rotatable bonds is 2. The lowest BCUT2D eigenvalue weighted by Crippen LogP contribution is -2.12. The predicted octanol–water partition coefficient (Wildman–Crippen LogP) is 1.48. The number of amides is 1. The number of fused-ring (bicyclic) bond motifs is 1.